The van der Waals surface area contributed by atoms with Crippen molar-refractivity contribution < 1.29 is 4.21 Å². The number of rotatable bonds is 7. The van der Waals surface area contributed by atoms with E-state index in [1.54, 1.807) is 0 Å². The van der Waals surface area contributed by atoms with Crippen molar-refractivity contribution in [1.82, 2.24) is 5.32 Å². The van der Waals surface area contributed by atoms with Crippen LogP contribution in [0.25, 0.3) is 0 Å². The first kappa shape index (κ1) is 15.7. The van der Waals surface area contributed by atoms with Crippen molar-refractivity contribution in [3.05, 3.63) is 34.9 Å². The summed E-state index contributed by atoms with van der Waals surface area (Å²) >= 11 is 6.08. The summed E-state index contributed by atoms with van der Waals surface area (Å²) in [5.74, 6) is 1.70. The smallest absolute Gasteiger partial charge is 0.0501 e. The quantitative estimate of drug-likeness (QED) is 0.834. The number of halogens is 1. The van der Waals surface area contributed by atoms with Crippen molar-refractivity contribution >= 4 is 22.4 Å². The third-order valence-electron chi connectivity index (χ3n) is 2.91. The van der Waals surface area contributed by atoms with Crippen molar-refractivity contribution in [3.8, 4) is 0 Å². The van der Waals surface area contributed by atoms with Gasteiger partial charge in [0.1, 0.15) is 0 Å². The molecule has 1 aromatic rings. The molecule has 0 aliphatic carbocycles. The molecule has 0 saturated heterocycles. The Hall–Kier alpha value is -0.380. The van der Waals surface area contributed by atoms with E-state index in [9.17, 15) is 4.21 Å². The summed E-state index contributed by atoms with van der Waals surface area (Å²) in [5.41, 5.74) is 0.969. The molecule has 18 heavy (non-hydrogen) atoms. The molecule has 2 atom stereocenters. The van der Waals surface area contributed by atoms with Crippen LogP contribution in [-0.4, -0.2) is 22.5 Å². The van der Waals surface area contributed by atoms with Gasteiger partial charge in [0.15, 0.2) is 0 Å². The molecule has 0 fully saturated rings. The summed E-state index contributed by atoms with van der Waals surface area (Å²) in [6, 6.07) is 7.92. The molecule has 0 heterocycles. The van der Waals surface area contributed by atoms with Crippen molar-refractivity contribution in [2.24, 2.45) is 5.92 Å². The van der Waals surface area contributed by atoms with Gasteiger partial charge in [0.05, 0.1) is 5.75 Å². The molecule has 1 aromatic carbocycles. The van der Waals surface area contributed by atoms with Gasteiger partial charge in [-0.3, -0.25) is 4.21 Å². The minimum absolute atomic E-state index is 0.304. The number of benzene rings is 1. The Bertz CT molecular complexity index is 395. The predicted molar refractivity (Wildman–Crippen MR) is 80.5 cm³/mol. The van der Waals surface area contributed by atoms with Gasteiger partial charge in [-0.25, -0.2) is 0 Å². The zero-order valence-corrected chi connectivity index (χ0v) is 12.9. The van der Waals surface area contributed by atoms with Crippen LogP contribution in [0, 0.1) is 5.92 Å². The van der Waals surface area contributed by atoms with Crippen molar-refractivity contribution in [1.29, 1.82) is 0 Å². The normalized spacial score (nSPS) is 14.7. The average Bonchev–Trinajstić information content (AvgIpc) is 2.31. The van der Waals surface area contributed by atoms with Gasteiger partial charge in [0, 0.05) is 27.6 Å². The van der Waals surface area contributed by atoms with E-state index >= 15 is 0 Å². The van der Waals surface area contributed by atoms with E-state index in [2.05, 4.69) is 26.1 Å². The van der Waals surface area contributed by atoms with Crippen LogP contribution >= 0.6 is 11.6 Å². The standard InChI is InChI=1S/C14H22ClNOS/c1-4-16-14(11(2)3)10-18(17)9-12-7-5-6-8-13(12)15/h5-8,11,14,16H,4,9-10H2,1-3H3. The van der Waals surface area contributed by atoms with E-state index in [0.29, 0.717) is 28.5 Å². The molecule has 0 saturated carbocycles. The summed E-state index contributed by atoms with van der Waals surface area (Å²) < 4.78 is 12.2. The first-order valence-electron chi connectivity index (χ1n) is 6.36. The van der Waals surface area contributed by atoms with E-state index < -0.39 is 10.8 Å². The molecule has 2 unspecified atom stereocenters. The van der Waals surface area contributed by atoms with E-state index in [1.165, 1.54) is 0 Å². The highest BCUT2D eigenvalue weighted by Gasteiger charge is 2.16. The highest BCUT2D eigenvalue weighted by Crippen LogP contribution is 2.17. The van der Waals surface area contributed by atoms with Crippen molar-refractivity contribution in [2.75, 3.05) is 12.3 Å². The third-order valence-corrected chi connectivity index (χ3v) is 4.64. The van der Waals surface area contributed by atoms with E-state index in [1.807, 2.05) is 24.3 Å². The Kier molecular flexibility index (Phi) is 6.90. The first-order valence-corrected chi connectivity index (χ1v) is 8.23. The highest BCUT2D eigenvalue weighted by molar-refractivity contribution is 7.84. The number of hydrogen-bond acceptors (Lipinski definition) is 2. The maximum absolute atomic E-state index is 12.2. The Morgan fingerprint density at radius 3 is 2.56 bits per heavy atom. The Labute approximate surface area is 118 Å². The lowest BCUT2D eigenvalue weighted by Crippen LogP contribution is -2.38. The lowest BCUT2D eigenvalue weighted by Gasteiger charge is -2.21. The second kappa shape index (κ2) is 7.93. The lowest BCUT2D eigenvalue weighted by molar-refractivity contribution is 0.440. The van der Waals surface area contributed by atoms with Gasteiger partial charge in [-0.2, -0.15) is 0 Å². The van der Waals surface area contributed by atoms with E-state index in [0.717, 1.165) is 12.1 Å². The fourth-order valence-electron chi connectivity index (χ4n) is 1.80. The molecule has 2 nitrogen and oxygen atoms in total. The summed E-state index contributed by atoms with van der Waals surface area (Å²) in [6.07, 6.45) is 0. The second-order valence-corrected chi connectivity index (χ2v) is 6.66. The molecule has 0 radical (unpaired) electrons. The summed E-state index contributed by atoms with van der Waals surface area (Å²) in [4.78, 5) is 0. The first-order chi connectivity index (χ1) is 8.54. The summed E-state index contributed by atoms with van der Waals surface area (Å²) in [6.45, 7) is 7.29. The van der Waals surface area contributed by atoms with Gasteiger partial charge in [-0.05, 0) is 24.1 Å². The second-order valence-electron chi connectivity index (χ2n) is 4.75. The van der Waals surface area contributed by atoms with E-state index in [4.69, 9.17) is 11.6 Å². The molecule has 4 heteroatoms. The van der Waals surface area contributed by atoms with E-state index in [-0.39, 0.29) is 0 Å². The van der Waals surface area contributed by atoms with Crippen molar-refractivity contribution in [3.63, 3.8) is 0 Å². The molecule has 0 aliphatic heterocycles. The number of hydrogen-bond donors (Lipinski definition) is 1. The van der Waals surface area contributed by atoms with Crippen LogP contribution in [-0.2, 0) is 16.6 Å². The predicted octanol–water partition coefficient (Wildman–Crippen LogP) is 3.22. The van der Waals surface area contributed by atoms with Gasteiger partial charge in [0.25, 0.3) is 0 Å². The van der Waals surface area contributed by atoms with Gasteiger partial charge in [0.2, 0.25) is 0 Å². The largest absolute Gasteiger partial charge is 0.313 e. The Morgan fingerprint density at radius 2 is 2.00 bits per heavy atom. The molecule has 1 N–H and O–H groups in total. The van der Waals surface area contributed by atoms with Gasteiger partial charge in [-0.1, -0.05) is 50.6 Å². The summed E-state index contributed by atoms with van der Waals surface area (Å²) in [7, 11) is -0.880. The highest BCUT2D eigenvalue weighted by atomic mass is 35.5. The van der Waals surface area contributed by atoms with Crippen LogP contribution in [0.2, 0.25) is 5.02 Å². The minimum atomic E-state index is -0.880. The van der Waals surface area contributed by atoms with Gasteiger partial charge >= 0.3 is 0 Å². The molecule has 0 bridgehead atoms. The van der Waals surface area contributed by atoms with Crippen LogP contribution in [0.15, 0.2) is 24.3 Å². The topological polar surface area (TPSA) is 29.1 Å². The minimum Gasteiger partial charge on any atom is -0.313 e. The maximum atomic E-state index is 12.2. The molecule has 0 aliphatic rings. The zero-order valence-electron chi connectivity index (χ0n) is 11.3. The SMILES string of the molecule is CCNC(CS(=O)Cc1ccccc1Cl)C(C)C. The molecule has 0 amide bonds. The fourth-order valence-corrected chi connectivity index (χ4v) is 3.70. The summed E-state index contributed by atoms with van der Waals surface area (Å²) in [5, 5.41) is 4.09. The van der Waals surface area contributed by atoms with Crippen molar-refractivity contribution in [2.45, 2.75) is 32.6 Å². The van der Waals surface area contributed by atoms with Gasteiger partial charge in [-0.15, -0.1) is 0 Å². The van der Waals surface area contributed by atoms with Crippen LogP contribution in [0.4, 0.5) is 0 Å². The average molecular weight is 288 g/mol. The Morgan fingerprint density at radius 1 is 1.33 bits per heavy atom. The molecular formula is C14H22ClNOS. The number of nitrogens with one attached hydrogen (secondary N) is 1. The van der Waals surface area contributed by atoms with Crippen LogP contribution in [0.5, 0.6) is 0 Å². The lowest BCUT2D eigenvalue weighted by atomic mass is 10.1. The molecule has 1 rings (SSSR count). The monoisotopic (exact) mass is 287 g/mol. The maximum Gasteiger partial charge on any atom is 0.0501 e. The third kappa shape index (κ3) is 5.09. The molecule has 0 aromatic heterocycles. The molecule has 102 valence electrons. The van der Waals surface area contributed by atoms with Crippen LogP contribution < -0.4 is 5.32 Å². The van der Waals surface area contributed by atoms with Crippen LogP contribution in [0.1, 0.15) is 26.3 Å². The van der Waals surface area contributed by atoms with Crippen LogP contribution in [0.3, 0.4) is 0 Å². The molecule has 0 spiro atoms. The van der Waals surface area contributed by atoms with Gasteiger partial charge < -0.3 is 5.32 Å². The fraction of sp³-hybridized carbons (Fsp3) is 0.571. The Balaban J connectivity index is 2.58. The zero-order chi connectivity index (χ0) is 13.5. The molecular weight excluding hydrogens is 266 g/mol.